The predicted molar refractivity (Wildman–Crippen MR) is 59.7 cm³/mol. The van der Waals surface area contributed by atoms with Crippen molar-refractivity contribution < 1.29 is 17.9 Å². The van der Waals surface area contributed by atoms with Gasteiger partial charge in [-0.1, -0.05) is 0 Å². The fourth-order valence-corrected chi connectivity index (χ4v) is 1.60. The fourth-order valence-electron chi connectivity index (χ4n) is 1.60. The lowest BCUT2D eigenvalue weighted by Gasteiger charge is -2.13. The first-order valence-corrected chi connectivity index (χ1v) is 5.00. The highest BCUT2D eigenvalue weighted by molar-refractivity contribution is 5.71. The molecule has 0 atom stereocenters. The van der Waals surface area contributed by atoms with E-state index in [9.17, 15) is 13.2 Å². The molecule has 2 N–H and O–H groups in total. The summed E-state index contributed by atoms with van der Waals surface area (Å²) in [6.45, 7) is 0. The normalized spacial score (nSPS) is 11.6. The SMILES string of the molecule is Cn1nccc1-c1cc(N)ccc1OC(F)(F)F. The van der Waals surface area contributed by atoms with Crippen LogP contribution in [0.15, 0.2) is 30.5 Å². The zero-order chi connectivity index (χ0) is 13.3. The molecule has 0 unspecified atom stereocenters. The van der Waals surface area contributed by atoms with Crippen molar-refractivity contribution in [2.45, 2.75) is 6.36 Å². The van der Waals surface area contributed by atoms with Gasteiger partial charge >= 0.3 is 6.36 Å². The molecule has 18 heavy (non-hydrogen) atoms. The van der Waals surface area contributed by atoms with E-state index in [-0.39, 0.29) is 11.3 Å². The van der Waals surface area contributed by atoms with E-state index < -0.39 is 6.36 Å². The Balaban J connectivity index is 2.51. The van der Waals surface area contributed by atoms with Crippen molar-refractivity contribution in [2.75, 3.05) is 5.73 Å². The lowest BCUT2D eigenvalue weighted by Crippen LogP contribution is -2.18. The van der Waals surface area contributed by atoms with E-state index >= 15 is 0 Å². The Morgan fingerprint density at radius 1 is 1.28 bits per heavy atom. The summed E-state index contributed by atoms with van der Waals surface area (Å²) in [5, 5.41) is 3.90. The molecule has 7 heteroatoms. The number of anilines is 1. The van der Waals surface area contributed by atoms with Crippen molar-refractivity contribution in [1.29, 1.82) is 0 Å². The molecule has 0 radical (unpaired) electrons. The molecular weight excluding hydrogens is 247 g/mol. The minimum absolute atomic E-state index is 0.243. The lowest BCUT2D eigenvalue weighted by molar-refractivity contribution is -0.274. The number of aryl methyl sites for hydroxylation is 1. The zero-order valence-electron chi connectivity index (χ0n) is 9.40. The Bertz CT molecular complexity index is 563. The first-order chi connectivity index (χ1) is 8.37. The van der Waals surface area contributed by atoms with Gasteiger partial charge in [0.1, 0.15) is 5.75 Å². The highest BCUT2D eigenvalue weighted by atomic mass is 19.4. The summed E-state index contributed by atoms with van der Waals surface area (Å²) in [5.41, 5.74) is 6.66. The van der Waals surface area contributed by atoms with Gasteiger partial charge in [0.2, 0.25) is 0 Å². The van der Waals surface area contributed by atoms with Crippen LogP contribution in [0.3, 0.4) is 0 Å². The van der Waals surface area contributed by atoms with Gasteiger partial charge in [0.05, 0.1) is 5.69 Å². The van der Waals surface area contributed by atoms with E-state index in [1.54, 1.807) is 13.1 Å². The largest absolute Gasteiger partial charge is 0.573 e. The van der Waals surface area contributed by atoms with Crippen LogP contribution in [0.25, 0.3) is 11.3 Å². The third-order valence-corrected chi connectivity index (χ3v) is 2.33. The molecule has 0 spiro atoms. The summed E-state index contributed by atoms with van der Waals surface area (Å²) in [7, 11) is 1.62. The molecule has 0 saturated heterocycles. The summed E-state index contributed by atoms with van der Waals surface area (Å²) in [5.74, 6) is -0.305. The van der Waals surface area contributed by atoms with Crippen LogP contribution in [0.2, 0.25) is 0 Å². The van der Waals surface area contributed by atoms with Crippen LogP contribution in [-0.2, 0) is 7.05 Å². The summed E-state index contributed by atoms with van der Waals surface area (Å²) >= 11 is 0. The van der Waals surface area contributed by atoms with Gasteiger partial charge in [0.25, 0.3) is 0 Å². The number of hydrogen-bond donors (Lipinski definition) is 1. The lowest BCUT2D eigenvalue weighted by atomic mass is 10.1. The number of nitrogen functional groups attached to an aromatic ring is 1. The molecule has 1 aromatic carbocycles. The molecule has 0 aliphatic heterocycles. The fraction of sp³-hybridized carbons (Fsp3) is 0.182. The van der Waals surface area contributed by atoms with Crippen molar-refractivity contribution in [3.63, 3.8) is 0 Å². The number of rotatable bonds is 2. The van der Waals surface area contributed by atoms with Gasteiger partial charge < -0.3 is 10.5 Å². The van der Waals surface area contributed by atoms with Crippen molar-refractivity contribution in [1.82, 2.24) is 9.78 Å². The van der Waals surface area contributed by atoms with Gasteiger partial charge in [-0.2, -0.15) is 5.10 Å². The summed E-state index contributed by atoms with van der Waals surface area (Å²) in [4.78, 5) is 0. The van der Waals surface area contributed by atoms with Crippen LogP contribution in [0.1, 0.15) is 0 Å². The average molecular weight is 257 g/mol. The third-order valence-electron chi connectivity index (χ3n) is 2.33. The topological polar surface area (TPSA) is 53.1 Å². The van der Waals surface area contributed by atoms with Crippen LogP contribution in [-0.4, -0.2) is 16.1 Å². The van der Waals surface area contributed by atoms with Crippen LogP contribution < -0.4 is 10.5 Å². The molecule has 0 amide bonds. The van der Waals surface area contributed by atoms with Crippen LogP contribution in [0.5, 0.6) is 5.75 Å². The monoisotopic (exact) mass is 257 g/mol. The second kappa shape index (κ2) is 4.25. The van der Waals surface area contributed by atoms with Gasteiger partial charge in [-0.15, -0.1) is 13.2 Å². The molecule has 0 bridgehead atoms. The molecule has 0 fully saturated rings. The van der Waals surface area contributed by atoms with Crippen molar-refractivity contribution in [3.8, 4) is 17.0 Å². The maximum absolute atomic E-state index is 12.3. The Morgan fingerprint density at radius 3 is 2.56 bits per heavy atom. The Labute approximate surface area is 101 Å². The number of hydrogen-bond acceptors (Lipinski definition) is 3. The maximum Gasteiger partial charge on any atom is 0.573 e. The number of nitrogens with two attached hydrogens (primary N) is 1. The zero-order valence-corrected chi connectivity index (χ0v) is 9.40. The molecule has 0 aliphatic rings. The van der Waals surface area contributed by atoms with E-state index in [0.717, 1.165) is 0 Å². The van der Waals surface area contributed by atoms with Crippen molar-refractivity contribution in [3.05, 3.63) is 30.5 Å². The molecule has 1 aromatic heterocycles. The molecule has 4 nitrogen and oxygen atoms in total. The van der Waals surface area contributed by atoms with Gasteiger partial charge in [-0.25, -0.2) is 0 Å². The van der Waals surface area contributed by atoms with Crippen LogP contribution in [0.4, 0.5) is 18.9 Å². The van der Waals surface area contributed by atoms with Crippen molar-refractivity contribution >= 4 is 5.69 Å². The molecule has 1 heterocycles. The smallest absolute Gasteiger partial charge is 0.405 e. The number of benzene rings is 1. The highest BCUT2D eigenvalue weighted by Crippen LogP contribution is 2.34. The Kier molecular flexibility index (Phi) is 2.90. The summed E-state index contributed by atoms with van der Waals surface area (Å²) in [6, 6.07) is 5.53. The average Bonchev–Trinajstić information content (AvgIpc) is 2.65. The standard InChI is InChI=1S/C11H10F3N3O/c1-17-9(4-5-16-17)8-6-7(15)2-3-10(8)18-11(12,13)14/h2-6H,15H2,1H3. The van der Waals surface area contributed by atoms with E-state index in [0.29, 0.717) is 11.4 Å². The minimum atomic E-state index is -4.75. The predicted octanol–water partition coefficient (Wildman–Crippen LogP) is 2.57. The second-order valence-electron chi connectivity index (χ2n) is 3.64. The molecule has 0 aliphatic carbocycles. The van der Waals surface area contributed by atoms with E-state index in [1.807, 2.05) is 0 Å². The van der Waals surface area contributed by atoms with Gasteiger partial charge in [-0.3, -0.25) is 4.68 Å². The molecule has 96 valence electrons. The van der Waals surface area contributed by atoms with Gasteiger partial charge in [0, 0.05) is 24.5 Å². The molecule has 2 aromatic rings. The first-order valence-electron chi connectivity index (χ1n) is 5.00. The summed E-state index contributed by atoms with van der Waals surface area (Å²) < 4.78 is 42.3. The van der Waals surface area contributed by atoms with Gasteiger partial charge in [-0.05, 0) is 24.3 Å². The molecule has 0 saturated carbocycles. The van der Waals surface area contributed by atoms with Gasteiger partial charge in [0.15, 0.2) is 0 Å². The molecular formula is C11H10F3N3O. The summed E-state index contributed by atoms with van der Waals surface area (Å²) in [6.07, 6.45) is -3.26. The number of alkyl halides is 3. The number of ether oxygens (including phenoxy) is 1. The van der Waals surface area contributed by atoms with E-state index in [4.69, 9.17) is 5.73 Å². The number of aromatic nitrogens is 2. The van der Waals surface area contributed by atoms with Crippen molar-refractivity contribution in [2.24, 2.45) is 7.05 Å². The van der Waals surface area contributed by atoms with E-state index in [2.05, 4.69) is 9.84 Å². The maximum atomic E-state index is 12.3. The quantitative estimate of drug-likeness (QED) is 0.841. The molecule has 2 rings (SSSR count). The Hall–Kier alpha value is -2.18. The number of nitrogens with zero attached hydrogens (tertiary/aromatic N) is 2. The highest BCUT2D eigenvalue weighted by Gasteiger charge is 2.32. The third kappa shape index (κ3) is 2.55. The Morgan fingerprint density at radius 2 is 2.00 bits per heavy atom. The number of halogens is 3. The second-order valence-corrected chi connectivity index (χ2v) is 3.64. The first kappa shape index (κ1) is 12.3. The minimum Gasteiger partial charge on any atom is -0.405 e. The van der Waals surface area contributed by atoms with Crippen LogP contribution in [0, 0.1) is 0 Å². The van der Waals surface area contributed by atoms with E-state index in [1.165, 1.54) is 29.1 Å². The van der Waals surface area contributed by atoms with Crippen LogP contribution >= 0.6 is 0 Å².